The van der Waals surface area contributed by atoms with Gasteiger partial charge in [-0.1, -0.05) is 25.0 Å². The number of allylic oxidation sites excluding steroid dienone is 2. The average Bonchev–Trinajstić information content (AvgIpc) is 3.03. The van der Waals surface area contributed by atoms with Crippen molar-refractivity contribution in [1.82, 2.24) is 0 Å². The summed E-state index contributed by atoms with van der Waals surface area (Å²) in [4.78, 5) is 22.9. The number of ketones is 1. The summed E-state index contributed by atoms with van der Waals surface area (Å²) in [5.41, 5.74) is 2.82. The highest BCUT2D eigenvalue weighted by Gasteiger charge is 2.63. The normalized spacial score (nSPS) is 35.5. The molecule has 32 heavy (non-hydrogen) atoms. The molecular formula is C26H27NO5. The van der Waals surface area contributed by atoms with Gasteiger partial charge in [-0.3, -0.25) is 14.9 Å². The van der Waals surface area contributed by atoms with E-state index in [4.69, 9.17) is 4.74 Å². The van der Waals surface area contributed by atoms with Crippen LogP contribution >= 0.6 is 0 Å². The number of non-ortho nitro benzene ring substituents is 1. The molecule has 3 saturated carbocycles. The first-order valence-corrected chi connectivity index (χ1v) is 11.3. The van der Waals surface area contributed by atoms with Gasteiger partial charge in [0, 0.05) is 42.2 Å². The third-order valence-corrected chi connectivity index (χ3v) is 8.23. The van der Waals surface area contributed by atoms with E-state index in [-0.39, 0.29) is 29.4 Å². The summed E-state index contributed by atoms with van der Waals surface area (Å²) in [6.07, 6.45) is 5.30. The number of nitro groups is 1. The number of hydrogen-bond acceptors (Lipinski definition) is 5. The zero-order valence-electron chi connectivity index (χ0n) is 18.4. The van der Waals surface area contributed by atoms with E-state index in [0.29, 0.717) is 32.1 Å². The standard InChI is InChI=1S/C26H27NO5/c1-3-11-26(29)12-10-22-24-23(20-9-8-19(28)13-17(20)15-32-24)21(14-25(22,26)2)16-4-6-18(7-5-16)27(30)31/h4-7,15,21-22,24,29H,8-10,12-14H2,1-2H3/t21?,22-,24-,25-,26-/m0/s1. The number of fused-ring (bicyclic) bond motifs is 4. The average molecular weight is 434 g/mol. The Labute approximate surface area is 187 Å². The van der Waals surface area contributed by atoms with Gasteiger partial charge in [0.1, 0.15) is 17.5 Å². The van der Waals surface area contributed by atoms with Crippen molar-refractivity contribution in [2.24, 2.45) is 11.3 Å². The van der Waals surface area contributed by atoms with Crippen LogP contribution in [0.5, 0.6) is 0 Å². The molecule has 5 atom stereocenters. The molecule has 0 radical (unpaired) electrons. The van der Waals surface area contributed by atoms with Gasteiger partial charge in [0.05, 0.1) is 11.2 Å². The molecule has 5 rings (SSSR count). The van der Waals surface area contributed by atoms with E-state index in [1.807, 2.05) is 12.1 Å². The van der Waals surface area contributed by atoms with Crippen LogP contribution in [0.25, 0.3) is 0 Å². The van der Waals surface area contributed by atoms with Gasteiger partial charge in [-0.05, 0) is 54.9 Å². The van der Waals surface area contributed by atoms with Crippen molar-refractivity contribution in [2.45, 2.75) is 70.0 Å². The largest absolute Gasteiger partial charge is 0.493 e. The quantitative estimate of drug-likeness (QED) is 0.419. The molecule has 3 aliphatic carbocycles. The van der Waals surface area contributed by atoms with E-state index < -0.39 is 15.9 Å². The molecule has 1 aromatic carbocycles. The second-order valence-corrected chi connectivity index (χ2v) is 9.75. The van der Waals surface area contributed by atoms with Crippen LogP contribution in [0, 0.1) is 33.3 Å². The highest BCUT2D eigenvalue weighted by molar-refractivity contribution is 5.84. The van der Waals surface area contributed by atoms with E-state index in [1.165, 1.54) is 11.1 Å². The second kappa shape index (κ2) is 7.31. The molecule has 3 fully saturated rings. The Bertz CT molecular complexity index is 1120. The van der Waals surface area contributed by atoms with E-state index in [1.54, 1.807) is 25.3 Å². The maximum Gasteiger partial charge on any atom is 0.269 e. The van der Waals surface area contributed by atoms with Gasteiger partial charge in [-0.25, -0.2) is 0 Å². The number of nitrogens with zero attached hydrogens (tertiary/aromatic N) is 1. The fraction of sp³-hybridized carbons (Fsp3) is 0.500. The molecule has 0 bridgehead atoms. The Hall–Kier alpha value is -2.91. The van der Waals surface area contributed by atoms with E-state index in [2.05, 4.69) is 18.8 Å². The monoisotopic (exact) mass is 433 g/mol. The molecule has 6 heteroatoms. The Morgan fingerprint density at radius 2 is 2.00 bits per heavy atom. The SMILES string of the molecule is CC#C[C@]1(O)CC[C@H]2[C@@H]3OC=C4CC(=O)CCC4=C3C(c3ccc([N+](=O)[O-])cc3)C[C@@]21C. The summed E-state index contributed by atoms with van der Waals surface area (Å²) in [7, 11) is 0. The van der Waals surface area contributed by atoms with Crippen molar-refractivity contribution in [3.63, 3.8) is 0 Å². The van der Waals surface area contributed by atoms with Gasteiger partial charge < -0.3 is 9.84 Å². The van der Waals surface area contributed by atoms with Gasteiger partial charge in [0.25, 0.3) is 5.69 Å². The number of aliphatic hydroxyl groups is 1. The number of rotatable bonds is 2. The molecule has 1 heterocycles. The first-order chi connectivity index (χ1) is 15.3. The lowest BCUT2D eigenvalue weighted by Gasteiger charge is -2.52. The van der Waals surface area contributed by atoms with Crippen LogP contribution in [0.1, 0.15) is 63.9 Å². The van der Waals surface area contributed by atoms with Crippen molar-refractivity contribution < 1.29 is 19.6 Å². The molecule has 1 unspecified atom stereocenters. The number of carbonyl (C=O) groups excluding carboxylic acids is 1. The highest BCUT2D eigenvalue weighted by atomic mass is 16.6. The van der Waals surface area contributed by atoms with Crippen LogP contribution in [-0.4, -0.2) is 27.5 Å². The Morgan fingerprint density at radius 1 is 1.25 bits per heavy atom. The van der Waals surface area contributed by atoms with Crippen molar-refractivity contribution in [3.8, 4) is 11.8 Å². The first-order valence-electron chi connectivity index (χ1n) is 11.3. The van der Waals surface area contributed by atoms with E-state index >= 15 is 0 Å². The fourth-order valence-corrected chi connectivity index (χ4v) is 6.55. The zero-order chi connectivity index (χ0) is 22.7. The van der Waals surface area contributed by atoms with Crippen LogP contribution in [0.2, 0.25) is 0 Å². The number of hydrogen-bond donors (Lipinski definition) is 1. The molecule has 0 saturated heterocycles. The Morgan fingerprint density at radius 3 is 2.69 bits per heavy atom. The van der Waals surface area contributed by atoms with Crippen molar-refractivity contribution in [3.05, 3.63) is 62.9 Å². The number of ether oxygens (including phenoxy) is 1. The predicted octanol–water partition coefficient (Wildman–Crippen LogP) is 4.59. The van der Waals surface area contributed by atoms with E-state index in [0.717, 1.165) is 17.6 Å². The van der Waals surface area contributed by atoms with Crippen LogP contribution in [0.15, 0.2) is 47.2 Å². The van der Waals surface area contributed by atoms with Gasteiger partial charge in [0.15, 0.2) is 0 Å². The van der Waals surface area contributed by atoms with Crippen LogP contribution in [0.3, 0.4) is 0 Å². The number of carbonyl (C=O) groups is 1. The van der Waals surface area contributed by atoms with Crippen LogP contribution < -0.4 is 0 Å². The molecule has 0 amide bonds. The van der Waals surface area contributed by atoms with Crippen molar-refractivity contribution >= 4 is 11.5 Å². The first kappa shape index (κ1) is 21.0. The topological polar surface area (TPSA) is 89.7 Å². The molecule has 6 nitrogen and oxygen atoms in total. The molecule has 1 aromatic rings. The van der Waals surface area contributed by atoms with Gasteiger partial charge >= 0.3 is 0 Å². The summed E-state index contributed by atoms with van der Waals surface area (Å²) in [5.74, 6) is 6.31. The van der Waals surface area contributed by atoms with Gasteiger partial charge in [-0.2, -0.15) is 0 Å². The number of Topliss-reactive ketones (excluding diaryl/α,β-unsaturated/α-hetero) is 1. The summed E-state index contributed by atoms with van der Waals surface area (Å²) in [6.45, 7) is 3.87. The van der Waals surface area contributed by atoms with Gasteiger partial charge in [-0.15, -0.1) is 5.92 Å². The summed E-state index contributed by atoms with van der Waals surface area (Å²) >= 11 is 0. The summed E-state index contributed by atoms with van der Waals surface area (Å²) < 4.78 is 6.32. The maximum absolute atomic E-state index is 12.1. The molecular weight excluding hydrogens is 406 g/mol. The minimum absolute atomic E-state index is 0.0563. The molecule has 1 aliphatic heterocycles. The Balaban J connectivity index is 1.66. The smallest absolute Gasteiger partial charge is 0.269 e. The summed E-state index contributed by atoms with van der Waals surface area (Å²) in [6, 6.07) is 6.73. The zero-order valence-corrected chi connectivity index (χ0v) is 18.4. The van der Waals surface area contributed by atoms with Crippen molar-refractivity contribution in [1.29, 1.82) is 0 Å². The van der Waals surface area contributed by atoms with Crippen LogP contribution in [0.4, 0.5) is 5.69 Å². The molecule has 1 N–H and O–H groups in total. The molecule has 4 aliphatic rings. The lowest BCUT2D eigenvalue weighted by Crippen LogP contribution is -2.53. The number of nitro benzene ring substituents is 1. The highest BCUT2D eigenvalue weighted by Crippen LogP contribution is 2.64. The summed E-state index contributed by atoms with van der Waals surface area (Å²) in [5, 5.41) is 22.8. The lowest BCUT2D eigenvalue weighted by atomic mass is 9.55. The van der Waals surface area contributed by atoms with E-state index in [9.17, 15) is 20.0 Å². The lowest BCUT2D eigenvalue weighted by molar-refractivity contribution is -0.384. The maximum atomic E-state index is 12.1. The van der Waals surface area contributed by atoms with Gasteiger partial charge in [0.2, 0.25) is 0 Å². The molecule has 0 aromatic heterocycles. The minimum atomic E-state index is -1.10. The molecule has 166 valence electrons. The minimum Gasteiger partial charge on any atom is -0.493 e. The second-order valence-electron chi connectivity index (χ2n) is 9.75. The number of benzene rings is 1. The van der Waals surface area contributed by atoms with Crippen molar-refractivity contribution in [2.75, 3.05) is 0 Å². The predicted molar refractivity (Wildman–Crippen MR) is 119 cm³/mol. The molecule has 0 spiro atoms. The third kappa shape index (κ3) is 2.95. The van der Waals surface area contributed by atoms with Crippen LogP contribution in [-0.2, 0) is 9.53 Å². The fourth-order valence-electron chi connectivity index (χ4n) is 6.55. The Kier molecular flexibility index (Phi) is 4.79. The third-order valence-electron chi connectivity index (χ3n) is 8.23.